The van der Waals surface area contributed by atoms with E-state index in [4.69, 9.17) is 9.97 Å². The molecule has 0 bridgehead atoms. The van der Waals surface area contributed by atoms with Crippen LogP contribution in [0.5, 0.6) is 0 Å². The number of para-hydroxylation sites is 1. The third kappa shape index (κ3) is 3.43. The zero-order valence-electron chi connectivity index (χ0n) is 24.9. The summed E-state index contributed by atoms with van der Waals surface area (Å²) in [6, 6.07) is 46.2. The SMILES string of the molecule is CC1(C)c2ccccc2-c2cc3c4ccccc4n(-c4cccc(-c5nc6c7c(cccc7n5)Sc5ccccc5-6)c4)c3cc21. The Balaban J connectivity index is 1.21. The second kappa shape index (κ2) is 8.93. The minimum absolute atomic E-state index is 0.0724. The van der Waals surface area contributed by atoms with Gasteiger partial charge in [0.2, 0.25) is 0 Å². The fourth-order valence-electron chi connectivity index (χ4n) is 7.66. The summed E-state index contributed by atoms with van der Waals surface area (Å²) in [5.74, 6) is 0.747. The molecule has 1 aliphatic heterocycles. The van der Waals surface area contributed by atoms with Crippen molar-refractivity contribution in [1.29, 1.82) is 0 Å². The Bertz CT molecular complexity index is 2560. The Morgan fingerprint density at radius 3 is 2.29 bits per heavy atom. The van der Waals surface area contributed by atoms with Crippen LogP contribution < -0.4 is 0 Å². The molecule has 8 aromatic rings. The van der Waals surface area contributed by atoms with Crippen LogP contribution in [-0.2, 0) is 5.41 Å². The monoisotopic (exact) mass is 593 g/mol. The molecule has 3 heterocycles. The number of hydrogen-bond donors (Lipinski definition) is 0. The van der Waals surface area contributed by atoms with E-state index in [9.17, 15) is 0 Å². The van der Waals surface area contributed by atoms with Crippen LogP contribution in [0, 0.1) is 0 Å². The van der Waals surface area contributed by atoms with Crippen molar-refractivity contribution in [2.45, 2.75) is 29.1 Å². The van der Waals surface area contributed by atoms with E-state index in [1.807, 2.05) is 0 Å². The number of fused-ring (bicyclic) bond motifs is 8. The number of rotatable bonds is 2. The van der Waals surface area contributed by atoms with Gasteiger partial charge in [0.15, 0.2) is 5.82 Å². The molecule has 10 rings (SSSR count). The maximum absolute atomic E-state index is 5.25. The van der Waals surface area contributed by atoms with E-state index in [0.29, 0.717) is 0 Å². The molecule has 3 nitrogen and oxygen atoms in total. The number of benzene rings is 6. The molecule has 0 saturated heterocycles. The van der Waals surface area contributed by atoms with E-state index in [1.165, 1.54) is 59.4 Å². The summed E-state index contributed by atoms with van der Waals surface area (Å²) in [6.07, 6.45) is 0. The van der Waals surface area contributed by atoms with E-state index in [-0.39, 0.29) is 5.41 Å². The van der Waals surface area contributed by atoms with Crippen molar-refractivity contribution >= 4 is 44.5 Å². The van der Waals surface area contributed by atoms with Gasteiger partial charge in [0.25, 0.3) is 0 Å². The molecule has 1 aliphatic carbocycles. The van der Waals surface area contributed by atoms with E-state index in [2.05, 4.69) is 146 Å². The Kier molecular flexibility index (Phi) is 5.00. The van der Waals surface area contributed by atoms with Crippen molar-refractivity contribution in [3.63, 3.8) is 0 Å². The first-order chi connectivity index (χ1) is 22.1. The van der Waals surface area contributed by atoms with Crippen LogP contribution in [0.25, 0.3) is 72.2 Å². The fourth-order valence-corrected chi connectivity index (χ4v) is 8.76. The smallest absolute Gasteiger partial charge is 0.160 e. The lowest BCUT2D eigenvalue weighted by molar-refractivity contribution is 0.661. The quantitative estimate of drug-likeness (QED) is 0.200. The Labute approximate surface area is 265 Å². The normalized spacial score (nSPS) is 14.1. The molecule has 0 spiro atoms. The molecule has 0 atom stereocenters. The predicted octanol–water partition coefficient (Wildman–Crippen LogP) is 10.8. The van der Waals surface area contributed by atoms with Crippen LogP contribution >= 0.6 is 11.8 Å². The van der Waals surface area contributed by atoms with Gasteiger partial charge in [-0.15, -0.1) is 0 Å². The first-order valence-electron chi connectivity index (χ1n) is 15.4. The molecule has 0 N–H and O–H groups in total. The highest BCUT2D eigenvalue weighted by atomic mass is 32.2. The minimum atomic E-state index is -0.0724. The van der Waals surface area contributed by atoms with E-state index in [0.717, 1.165) is 33.7 Å². The maximum Gasteiger partial charge on any atom is 0.160 e. The van der Waals surface area contributed by atoms with Gasteiger partial charge >= 0.3 is 0 Å². The molecule has 2 aromatic heterocycles. The molecule has 0 amide bonds. The first-order valence-corrected chi connectivity index (χ1v) is 16.2. The third-order valence-corrected chi connectivity index (χ3v) is 10.9. The van der Waals surface area contributed by atoms with Gasteiger partial charge in [0, 0.05) is 48.2 Å². The second-order valence-electron chi connectivity index (χ2n) is 12.6. The van der Waals surface area contributed by atoms with Gasteiger partial charge in [-0.2, -0.15) is 0 Å². The van der Waals surface area contributed by atoms with Gasteiger partial charge in [-0.25, -0.2) is 9.97 Å². The summed E-state index contributed by atoms with van der Waals surface area (Å²) >= 11 is 1.80. The summed E-state index contributed by atoms with van der Waals surface area (Å²) in [7, 11) is 0. The van der Waals surface area contributed by atoms with Crippen molar-refractivity contribution < 1.29 is 0 Å². The van der Waals surface area contributed by atoms with Crippen molar-refractivity contribution in [2.75, 3.05) is 0 Å². The maximum atomic E-state index is 5.25. The van der Waals surface area contributed by atoms with Gasteiger partial charge < -0.3 is 4.57 Å². The summed E-state index contributed by atoms with van der Waals surface area (Å²) in [6.45, 7) is 4.70. The largest absolute Gasteiger partial charge is 0.309 e. The van der Waals surface area contributed by atoms with E-state index < -0.39 is 0 Å². The predicted molar refractivity (Wildman–Crippen MR) is 186 cm³/mol. The Morgan fingerprint density at radius 1 is 0.578 bits per heavy atom. The molecule has 212 valence electrons. The Morgan fingerprint density at radius 2 is 1.36 bits per heavy atom. The number of aromatic nitrogens is 3. The van der Waals surface area contributed by atoms with Crippen LogP contribution in [0.15, 0.2) is 137 Å². The molecular formula is C41H27N3S. The van der Waals surface area contributed by atoms with Crippen LogP contribution in [0.1, 0.15) is 25.0 Å². The highest BCUT2D eigenvalue weighted by Crippen LogP contribution is 2.51. The molecular weight excluding hydrogens is 567 g/mol. The van der Waals surface area contributed by atoms with Crippen LogP contribution in [0.4, 0.5) is 0 Å². The lowest BCUT2D eigenvalue weighted by Gasteiger charge is -2.21. The molecule has 0 radical (unpaired) electrons. The van der Waals surface area contributed by atoms with Gasteiger partial charge in [-0.05, 0) is 70.8 Å². The number of hydrogen-bond acceptors (Lipinski definition) is 3. The van der Waals surface area contributed by atoms with Gasteiger partial charge in [0.1, 0.15) is 0 Å². The minimum Gasteiger partial charge on any atom is -0.309 e. The van der Waals surface area contributed by atoms with Crippen LogP contribution in [-0.4, -0.2) is 14.5 Å². The zero-order chi connectivity index (χ0) is 29.9. The van der Waals surface area contributed by atoms with Crippen LogP contribution in [0.3, 0.4) is 0 Å². The number of nitrogens with zero attached hydrogens (tertiary/aromatic N) is 3. The average Bonchev–Trinajstić information content (AvgIpc) is 3.52. The first kappa shape index (κ1) is 25.2. The third-order valence-electron chi connectivity index (χ3n) is 9.79. The highest BCUT2D eigenvalue weighted by Gasteiger charge is 2.36. The zero-order valence-corrected chi connectivity index (χ0v) is 25.7. The lowest BCUT2D eigenvalue weighted by Crippen LogP contribution is -2.14. The van der Waals surface area contributed by atoms with Gasteiger partial charge in [-0.3, -0.25) is 0 Å². The van der Waals surface area contributed by atoms with Gasteiger partial charge in [-0.1, -0.05) is 104 Å². The van der Waals surface area contributed by atoms with Crippen molar-refractivity contribution in [1.82, 2.24) is 14.5 Å². The summed E-state index contributed by atoms with van der Waals surface area (Å²) in [5, 5.41) is 3.67. The molecule has 0 saturated carbocycles. The van der Waals surface area contributed by atoms with E-state index >= 15 is 0 Å². The summed E-state index contributed by atoms with van der Waals surface area (Å²) < 4.78 is 2.42. The topological polar surface area (TPSA) is 30.7 Å². The highest BCUT2D eigenvalue weighted by molar-refractivity contribution is 7.99. The second-order valence-corrected chi connectivity index (χ2v) is 13.7. The fraction of sp³-hybridized carbons (Fsp3) is 0.0732. The molecule has 2 aliphatic rings. The average molecular weight is 594 g/mol. The van der Waals surface area contributed by atoms with Gasteiger partial charge in [0.05, 0.1) is 22.2 Å². The Hall–Kier alpha value is -5.19. The van der Waals surface area contributed by atoms with Crippen molar-refractivity contribution in [3.05, 3.63) is 139 Å². The lowest BCUT2D eigenvalue weighted by atomic mass is 9.82. The van der Waals surface area contributed by atoms with E-state index in [1.54, 1.807) is 11.8 Å². The molecule has 6 aromatic carbocycles. The summed E-state index contributed by atoms with van der Waals surface area (Å²) in [4.78, 5) is 12.8. The van der Waals surface area contributed by atoms with Crippen molar-refractivity contribution in [2.24, 2.45) is 0 Å². The van der Waals surface area contributed by atoms with Crippen molar-refractivity contribution in [3.8, 4) is 39.5 Å². The molecule has 45 heavy (non-hydrogen) atoms. The summed E-state index contributed by atoms with van der Waals surface area (Å²) in [5.41, 5.74) is 13.1. The molecule has 0 unspecified atom stereocenters. The molecule has 0 fully saturated rings. The standard InChI is InChI=1S/C41H27N3S/c1-41(2)31-16-6-3-13-26(31)29-22-30-27-14-4-7-18-34(27)44(35(30)23-32(29)41)25-12-9-11-24(21-25)40-42-33-17-10-20-37-38(33)39(43-40)28-15-5-8-19-36(28)45-37/h3-23H,1-2H3. The van der Waals surface area contributed by atoms with Crippen LogP contribution in [0.2, 0.25) is 0 Å². The molecule has 4 heteroatoms.